The molecule has 0 unspecified atom stereocenters. The van der Waals surface area contributed by atoms with Crippen LogP contribution in [0.2, 0.25) is 0 Å². The summed E-state index contributed by atoms with van der Waals surface area (Å²) in [4.78, 5) is 20.5. The molecule has 1 aliphatic rings. The zero-order valence-corrected chi connectivity index (χ0v) is 17.6. The van der Waals surface area contributed by atoms with Gasteiger partial charge in [-0.25, -0.2) is 4.98 Å². The first-order valence-corrected chi connectivity index (χ1v) is 10.4. The molecule has 1 aliphatic carbocycles. The molecule has 2 N–H and O–H groups in total. The number of aromatic amines is 1. The summed E-state index contributed by atoms with van der Waals surface area (Å²) in [6, 6.07) is 7.04. The van der Waals surface area contributed by atoms with Crippen molar-refractivity contribution >= 4 is 16.8 Å². The number of hydrogen-bond donors (Lipinski definition) is 2. The highest BCUT2D eigenvalue weighted by atomic mass is 19.4. The first kappa shape index (κ1) is 21.1. The second-order valence-corrected chi connectivity index (χ2v) is 8.13. The van der Waals surface area contributed by atoms with E-state index in [9.17, 15) is 18.0 Å². The number of nitrogens with one attached hydrogen (secondary N) is 2. The molecular weight excluding hydrogens is 435 g/mol. The molecular formula is C22H20F3N7O. The molecule has 3 aromatic heterocycles. The summed E-state index contributed by atoms with van der Waals surface area (Å²) in [6.07, 6.45) is 1.69. The summed E-state index contributed by atoms with van der Waals surface area (Å²) in [6.45, 7) is -1.41. The molecule has 0 atom stereocenters. The Bertz CT molecular complexity index is 1320. The average molecular weight is 455 g/mol. The molecule has 5 rings (SSSR count). The molecule has 0 bridgehead atoms. The van der Waals surface area contributed by atoms with Gasteiger partial charge in [-0.1, -0.05) is 6.07 Å². The van der Waals surface area contributed by atoms with E-state index in [0.29, 0.717) is 23.7 Å². The lowest BCUT2D eigenvalue weighted by Gasteiger charge is -2.09. The topological polar surface area (TPSA) is 101 Å². The Hall–Kier alpha value is -3.76. The highest BCUT2D eigenvalue weighted by molar-refractivity contribution is 5.92. The lowest BCUT2D eigenvalue weighted by molar-refractivity contribution is -0.123. The van der Waals surface area contributed by atoms with E-state index in [4.69, 9.17) is 0 Å². The van der Waals surface area contributed by atoms with Gasteiger partial charge in [0, 0.05) is 30.6 Å². The summed E-state index contributed by atoms with van der Waals surface area (Å²) in [5, 5.41) is 14.6. The predicted octanol–water partition coefficient (Wildman–Crippen LogP) is 3.51. The number of carbonyl (C=O) groups excluding carboxylic acids is 1. The van der Waals surface area contributed by atoms with Crippen LogP contribution in [-0.2, 0) is 13.5 Å². The number of halogens is 3. The molecule has 1 aromatic carbocycles. The summed E-state index contributed by atoms with van der Waals surface area (Å²) in [7, 11) is 1.81. The smallest absolute Gasteiger partial charge is 0.342 e. The lowest BCUT2D eigenvalue weighted by Crippen LogP contribution is -2.34. The largest absolute Gasteiger partial charge is 0.405 e. The standard InChI is InChI=1S/C22H20F3N7O/c1-32-18(8-13-4-6-16-15(10-28-30-16)19(13)12-2-3-12)29-20(31-32)14-5-7-17(26-9-14)21(33)27-11-22(23,24)25/h4-7,9-10,12H,2-3,8,11H2,1H3,(H,27,33)(H,28,30). The average Bonchev–Trinajstić information content (AvgIpc) is 3.39. The second-order valence-electron chi connectivity index (χ2n) is 8.13. The van der Waals surface area contributed by atoms with Crippen LogP contribution in [-0.4, -0.2) is 48.6 Å². The van der Waals surface area contributed by atoms with E-state index >= 15 is 0 Å². The van der Waals surface area contributed by atoms with Crippen LogP contribution in [0.4, 0.5) is 13.2 Å². The SMILES string of the molecule is Cn1nc(-c2ccc(C(=O)NCC(F)(F)F)nc2)nc1Cc1ccc2[nH]ncc2c1C1CC1. The maximum absolute atomic E-state index is 12.3. The molecule has 11 heteroatoms. The highest BCUT2D eigenvalue weighted by Crippen LogP contribution is 2.45. The first-order chi connectivity index (χ1) is 15.8. The minimum atomic E-state index is -4.48. The molecule has 1 amide bonds. The molecule has 170 valence electrons. The molecule has 0 radical (unpaired) electrons. The van der Waals surface area contributed by atoms with Gasteiger partial charge in [-0.2, -0.15) is 23.4 Å². The number of fused-ring (bicyclic) bond motifs is 1. The number of alkyl halides is 3. The quantitative estimate of drug-likeness (QED) is 0.463. The molecule has 0 spiro atoms. The maximum atomic E-state index is 12.3. The molecule has 0 saturated heterocycles. The van der Waals surface area contributed by atoms with Crippen molar-refractivity contribution < 1.29 is 18.0 Å². The van der Waals surface area contributed by atoms with E-state index in [0.717, 1.165) is 29.6 Å². The van der Waals surface area contributed by atoms with Gasteiger partial charge in [0.05, 0.1) is 11.7 Å². The monoisotopic (exact) mass is 455 g/mol. The first-order valence-electron chi connectivity index (χ1n) is 10.4. The van der Waals surface area contributed by atoms with Gasteiger partial charge in [0.15, 0.2) is 5.82 Å². The summed E-state index contributed by atoms with van der Waals surface area (Å²) in [5.74, 6) is 0.839. The van der Waals surface area contributed by atoms with E-state index in [1.807, 2.05) is 19.3 Å². The third kappa shape index (κ3) is 4.43. The van der Waals surface area contributed by atoms with Crippen molar-refractivity contribution in [2.24, 2.45) is 7.05 Å². The van der Waals surface area contributed by atoms with Crippen LogP contribution < -0.4 is 5.32 Å². The second kappa shape index (κ2) is 7.98. The molecule has 4 aromatic rings. The number of carbonyl (C=O) groups is 1. The Morgan fingerprint density at radius 2 is 2.03 bits per heavy atom. The van der Waals surface area contributed by atoms with Gasteiger partial charge in [0.2, 0.25) is 0 Å². The molecule has 3 heterocycles. The van der Waals surface area contributed by atoms with Gasteiger partial charge in [-0.3, -0.25) is 19.6 Å². The number of hydrogen-bond acceptors (Lipinski definition) is 5. The third-order valence-electron chi connectivity index (χ3n) is 5.65. The number of rotatable bonds is 6. The number of benzene rings is 1. The van der Waals surface area contributed by atoms with E-state index in [1.54, 1.807) is 16.1 Å². The molecule has 8 nitrogen and oxygen atoms in total. The zero-order valence-electron chi connectivity index (χ0n) is 17.6. The predicted molar refractivity (Wildman–Crippen MR) is 113 cm³/mol. The molecule has 33 heavy (non-hydrogen) atoms. The Morgan fingerprint density at radius 1 is 1.21 bits per heavy atom. The Kier molecular flexibility index (Phi) is 5.10. The van der Waals surface area contributed by atoms with Crippen LogP contribution in [0.5, 0.6) is 0 Å². The summed E-state index contributed by atoms with van der Waals surface area (Å²) >= 11 is 0. The molecule has 1 saturated carbocycles. The minimum Gasteiger partial charge on any atom is -0.342 e. The van der Waals surface area contributed by atoms with Crippen LogP contribution in [0.15, 0.2) is 36.7 Å². The molecule has 1 fully saturated rings. The number of aryl methyl sites for hydroxylation is 1. The minimum absolute atomic E-state index is 0.110. The number of nitrogens with zero attached hydrogens (tertiary/aromatic N) is 5. The van der Waals surface area contributed by atoms with Crippen LogP contribution >= 0.6 is 0 Å². The normalized spacial score (nSPS) is 14.1. The number of aromatic nitrogens is 6. The van der Waals surface area contributed by atoms with Crippen LogP contribution in [0.3, 0.4) is 0 Å². The third-order valence-corrected chi connectivity index (χ3v) is 5.65. The van der Waals surface area contributed by atoms with Gasteiger partial charge in [-0.05, 0) is 48.1 Å². The van der Waals surface area contributed by atoms with Crippen LogP contribution in [0.1, 0.15) is 46.2 Å². The summed E-state index contributed by atoms with van der Waals surface area (Å²) < 4.78 is 38.6. The van der Waals surface area contributed by atoms with E-state index in [1.165, 1.54) is 23.4 Å². The number of pyridine rings is 1. The van der Waals surface area contributed by atoms with E-state index < -0.39 is 18.6 Å². The maximum Gasteiger partial charge on any atom is 0.405 e. The van der Waals surface area contributed by atoms with Gasteiger partial charge >= 0.3 is 6.18 Å². The van der Waals surface area contributed by atoms with Gasteiger partial charge in [-0.15, -0.1) is 0 Å². The van der Waals surface area contributed by atoms with Crippen LogP contribution in [0, 0.1) is 0 Å². The Balaban J connectivity index is 1.36. The fraction of sp³-hybridized carbons (Fsp3) is 0.318. The van der Waals surface area contributed by atoms with Crippen molar-refractivity contribution in [2.45, 2.75) is 31.4 Å². The van der Waals surface area contributed by atoms with Crippen molar-refractivity contribution in [3.8, 4) is 11.4 Å². The number of amides is 1. The Morgan fingerprint density at radius 3 is 2.73 bits per heavy atom. The zero-order chi connectivity index (χ0) is 23.2. The van der Waals surface area contributed by atoms with Crippen molar-refractivity contribution in [1.29, 1.82) is 0 Å². The van der Waals surface area contributed by atoms with E-state index in [-0.39, 0.29) is 5.69 Å². The van der Waals surface area contributed by atoms with Gasteiger partial charge in [0.1, 0.15) is 18.1 Å². The highest BCUT2D eigenvalue weighted by Gasteiger charge is 2.29. The van der Waals surface area contributed by atoms with Crippen molar-refractivity contribution in [3.63, 3.8) is 0 Å². The van der Waals surface area contributed by atoms with Gasteiger partial charge < -0.3 is 5.32 Å². The van der Waals surface area contributed by atoms with Crippen molar-refractivity contribution in [1.82, 2.24) is 35.3 Å². The number of H-pyrrole nitrogens is 1. The van der Waals surface area contributed by atoms with Gasteiger partial charge in [0.25, 0.3) is 5.91 Å². The Labute approximate surface area is 186 Å². The van der Waals surface area contributed by atoms with Crippen molar-refractivity contribution in [2.75, 3.05) is 6.54 Å². The van der Waals surface area contributed by atoms with E-state index in [2.05, 4.69) is 31.3 Å². The lowest BCUT2D eigenvalue weighted by atomic mass is 9.97. The fourth-order valence-electron chi connectivity index (χ4n) is 3.89. The summed E-state index contributed by atoms with van der Waals surface area (Å²) in [5.41, 5.74) is 3.97. The van der Waals surface area contributed by atoms with Crippen molar-refractivity contribution in [3.05, 3.63) is 59.3 Å². The molecule has 0 aliphatic heterocycles. The fourth-order valence-corrected chi connectivity index (χ4v) is 3.89. The van der Waals surface area contributed by atoms with Crippen LogP contribution in [0.25, 0.3) is 22.3 Å².